The third kappa shape index (κ3) is 3.31. The van der Waals surface area contributed by atoms with Crippen molar-refractivity contribution in [3.63, 3.8) is 0 Å². The number of fused-ring (bicyclic) bond motifs is 1. The Kier molecular flexibility index (Phi) is 4.99. The molecule has 3 aromatic rings. The summed E-state index contributed by atoms with van der Waals surface area (Å²) in [5.41, 5.74) is 2.39. The molecule has 1 atom stereocenters. The SMILES string of the molecule is Cc1cc(C)c(S(=O)(=O)N2CCCC2C(=O)Nc2n[nH]c3cc[nH]c(=O)c23)c(C)c1. The zero-order valence-electron chi connectivity index (χ0n) is 16.9. The zero-order chi connectivity index (χ0) is 21.6. The van der Waals surface area contributed by atoms with Crippen LogP contribution in [0.4, 0.5) is 5.82 Å². The number of aromatic nitrogens is 3. The van der Waals surface area contributed by atoms with Crippen molar-refractivity contribution in [2.45, 2.75) is 44.6 Å². The third-order valence-electron chi connectivity index (χ3n) is 5.41. The molecule has 0 aliphatic carbocycles. The van der Waals surface area contributed by atoms with Crippen molar-refractivity contribution < 1.29 is 13.2 Å². The van der Waals surface area contributed by atoms with Crippen LogP contribution in [0.2, 0.25) is 0 Å². The monoisotopic (exact) mass is 429 g/mol. The van der Waals surface area contributed by atoms with Crippen molar-refractivity contribution in [2.24, 2.45) is 0 Å². The molecule has 0 spiro atoms. The number of H-pyrrole nitrogens is 2. The molecule has 4 rings (SSSR count). The van der Waals surface area contributed by atoms with E-state index in [1.807, 2.05) is 19.1 Å². The second-order valence-electron chi connectivity index (χ2n) is 7.66. The maximum Gasteiger partial charge on any atom is 0.261 e. The Bertz CT molecular complexity index is 1290. The quantitative estimate of drug-likeness (QED) is 0.584. The van der Waals surface area contributed by atoms with E-state index in [0.29, 0.717) is 29.5 Å². The van der Waals surface area contributed by atoms with E-state index in [1.165, 1.54) is 10.5 Å². The van der Waals surface area contributed by atoms with E-state index in [-0.39, 0.29) is 22.6 Å². The van der Waals surface area contributed by atoms with Gasteiger partial charge in [-0.25, -0.2) is 8.42 Å². The molecule has 30 heavy (non-hydrogen) atoms. The fourth-order valence-electron chi connectivity index (χ4n) is 4.25. The number of anilines is 1. The third-order valence-corrected chi connectivity index (χ3v) is 7.62. The van der Waals surface area contributed by atoms with Crippen molar-refractivity contribution in [1.29, 1.82) is 0 Å². The lowest BCUT2D eigenvalue weighted by atomic mass is 10.1. The number of benzene rings is 1. The molecule has 0 bridgehead atoms. The Hall–Kier alpha value is -2.98. The first-order chi connectivity index (χ1) is 14.2. The van der Waals surface area contributed by atoms with Gasteiger partial charge in [-0.15, -0.1) is 0 Å². The highest BCUT2D eigenvalue weighted by Gasteiger charge is 2.41. The molecule has 158 valence electrons. The smallest absolute Gasteiger partial charge is 0.261 e. The van der Waals surface area contributed by atoms with Crippen molar-refractivity contribution in [3.8, 4) is 0 Å². The summed E-state index contributed by atoms with van der Waals surface area (Å²) in [4.78, 5) is 27.9. The molecule has 3 N–H and O–H groups in total. The summed E-state index contributed by atoms with van der Waals surface area (Å²) in [6.07, 6.45) is 2.45. The molecular weight excluding hydrogens is 406 g/mol. The number of carbonyl (C=O) groups excluding carboxylic acids is 1. The Balaban J connectivity index is 1.66. The van der Waals surface area contributed by atoms with E-state index in [0.717, 1.165) is 5.56 Å². The second-order valence-corrected chi connectivity index (χ2v) is 9.49. The maximum atomic E-state index is 13.4. The van der Waals surface area contributed by atoms with Gasteiger partial charge in [0.2, 0.25) is 15.9 Å². The van der Waals surface area contributed by atoms with Crippen LogP contribution in [0.15, 0.2) is 34.1 Å². The summed E-state index contributed by atoms with van der Waals surface area (Å²) in [5.74, 6) is -0.418. The Morgan fingerprint density at radius 3 is 2.63 bits per heavy atom. The molecule has 3 heterocycles. The van der Waals surface area contributed by atoms with Gasteiger partial charge in [-0.05, 0) is 50.8 Å². The molecule has 1 unspecified atom stereocenters. The first-order valence-electron chi connectivity index (χ1n) is 9.66. The summed E-state index contributed by atoms with van der Waals surface area (Å²) >= 11 is 0. The summed E-state index contributed by atoms with van der Waals surface area (Å²) in [7, 11) is -3.86. The number of aromatic amines is 2. The summed E-state index contributed by atoms with van der Waals surface area (Å²) in [6.45, 7) is 5.70. The lowest BCUT2D eigenvalue weighted by molar-refractivity contribution is -0.119. The Morgan fingerprint density at radius 1 is 1.23 bits per heavy atom. The molecule has 0 saturated carbocycles. The van der Waals surface area contributed by atoms with Crippen molar-refractivity contribution in [3.05, 3.63) is 51.4 Å². The summed E-state index contributed by atoms with van der Waals surface area (Å²) in [5, 5.41) is 9.56. The van der Waals surface area contributed by atoms with Crippen LogP contribution in [0, 0.1) is 20.8 Å². The van der Waals surface area contributed by atoms with Crippen molar-refractivity contribution in [2.75, 3.05) is 11.9 Å². The van der Waals surface area contributed by atoms with E-state index < -0.39 is 27.5 Å². The highest BCUT2D eigenvalue weighted by atomic mass is 32.2. The number of aryl methyl sites for hydroxylation is 3. The van der Waals surface area contributed by atoms with E-state index >= 15 is 0 Å². The van der Waals surface area contributed by atoms with Gasteiger partial charge in [0.05, 0.1) is 10.4 Å². The lowest BCUT2D eigenvalue weighted by Crippen LogP contribution is -2.43. The Morgan fingerprint density at radius 2 is 1.93 bits per heavy atom. The van der Waals surface area contributed by atoms with Crippen LogP contribution in [0.5, 0.6) is 0 Å². The molecule has 1 saturated heterocycles. The molecule has 1 aliphatic heterocycles. The number of nitrogens with one attached hydrogen (secondary N) is 3. The van der Waals surface area contributed by atoms with Gasteiger partial charge in [0.15, 0.2) is 5.82 Å². The molecule has 9 nitrogen and oxygen atoms in total. The van der Waals surface area contributed by atoms with E-state index in [4.69, 9.17) is 0 Å². The standard InChI is InChI=1S/C20H23N5O4S/c1-11-9-12(2)17(13(3)10-11)30(28,29)25-8-4-5-15(25)19(26)22-18-16-14(23-24-18)6-7-21-20(16)27/h6-7,9-10,15H,4-5,8H2,1-3H3,(H,21,27)(H2,22,23,24,26). The number of rotatable bonds is 4. The fourth-order valence-corrected chi connectivity index (χ4v) is 6.32. The predicted octanol–water partition coefficient (Wildman–Crippen LogP) is 1.97. The molecule has 0 radical (unpaired) electrons. The number of amides is 1. The van der Waals surface area contributed by atoms with Crippen molar-refractivity contribution in [1.82, 2.24) is 19.5 Å². The van der Waals surface area contributed by atoms with Gasteiger partial charge in [0, 0.05) is 12.7 Å². The second kappa shape index (κ2) is 7.37. The fraction of sp³-hybridized carbons (Fsp3) is 0.350. The van der Waals surface area contributed by atoms with Crippen LogP contribution < -0.4 is 10.9 Å². The molecule has 1 fully saturated rings. The predicted molar refractivity (Wildman–Crippen MR) is 113 cm³/mol. The van der Waals surface area contributed by atoms with Crippen LogP contribution in [0.25, 0.3) is 10.9 Å². The first kappa shape index (κ1) is 20.3. The molecule has 10 heteroatoms. The van der Waals surface area contributed by atoms with Crippen LogP contribution in [0.3, 0.4) is 0 Å². The average molecular weight is 430 g/mol. The lowest BCUT2D eigenvalue weighted by Gasteiger charge is -2.25. The highest BCUT2D eigenvalue weighted by Crippen LogP contribution is 2.31. The van der Waals surface area contributed by atoms with Gasteiger partial charge >= 0.3 is 0 Å². The highest BCUT2D eigenvalue weighted by molar-refractivity contribution is 7.89. The number of sulfonamides is 1. The van der Waals surface area contributed by atoms with Crippen molar-refractivity contribution >= 4 is 32.7 Å². The molecule has 1 aliphatic rings. The first-order valence-corrected chi connectivity index (χ1v) is 11.1. The molecule has 1 aromatic carbocycles. The van der Waals surface area contributed by atoms with Gasteiger partial charge in [-0.2, -0.15) is 9.40 Å². The number of carbonyl (C=O) groups is 1. The van der Waals surface area contributed by atoms with Crippen LogP contribution in [0.1, 0.15) is 29.5 Å². The van der Waals surface area contributed by atoms with Gasteiger partial charge in [0.25, 0.3) is 5.56 Å². The topological polar surface area (TPSA) is 128 Å². The molecule has 2 aromatic heterocycles. The van der Waals surface area contributed by atoms with Crippen LogP contribution in [-0.2, 0) is 14.8 Å². The number of pyridine rings is 1. The Labute approximate surface area is 173 Å². The largest absolute Gasteiger partial charge is 0.328 e. The number of nitrogens with zero attached hydrogens (tertiary/aromatic N) is 2. The van der Waals surface area contributed by atoms with E-state index in [9.17, 15) is 18.0 Å². The van der Waals surface area contributed by atoms with Gasteiger partial charge in [-0.3, -0.25) is 14.7 Å². The van der Waals surface area contributed by atoms with E-state index in [1.54, 1.807) is 19.9 Å². The van der Waals surface area contributed by atoms with Gasteiger partial charge in [-0.1, -0.05) is 17.7 Å². The molecular formula is C20H23N5O4S. The molecule has 1 amide bonds. The number of hydrogen-bond donors (Lipinski definition) is 3. The minimum Gasteiger partial charge on any atom is -0.328 e. The summed E-state index contributed by atoms with van der Waals surface area (Å²) < 4.78 is 28.1. The normalized spacial score (nSPS) is 17.5. The minimum absolute atomic E-state index is 0.0868. The van der Waals surface area contributed by atoms with Gasteiger partial charge < -0.3 is 10.3 Å². The van der Waals surface area contributed by atoms with E-state index in [2.05, 4.69) is 20.5 Å². The van der Waals surface area contributed by atoms with Crippen LogP contribution in [-0.4, -0.2) is 46.4 Å². The maximum absolute atomic E-state index is 13.4. The summed E-state index contributed by atoms with van der Waals surface area (Å²) in [6, 6.07) is 4.42. The average Bonchev–Trinajstić information content (AvgIpc) is 3.29. The van der Waals surface area contributed by atoms with Gasteiger partial charge in [0.1, 0.15) is 11.4 Å². The van der Waals surface area contributed by atoms with Crippen LogP contribution >= 0.6 is 0 Å². The number of hydrogen-bond acceptors (Lipinski definition) is 5. The minimum atomic E-state index is -3.86. The zero-order valence-corrected chi connectivity index (χ0v) is 17.8.